The van der Waals surface area contributed by atoms with Gasteiger partial charge in [0.25, 0.3) is 0 Å². The Hall–Kier alpha value is -1.09. The second-order valence-corrected chi connectivity index (χ2v) is 5.09. The molecule has 0 aromatic heterocycles. The summed E-state index contributed by atoms with van der Waals surface area (Å²) >= 11 is 0. The standard InChI is InChI=1S/C14H21FN2/c1-11-8-12(15)10-14(9-11)16-13-4-3-6-17(2)7-5-13/h8-10,13,16H,3-7H2,1-2H3. The summed E-state index contributed by atoms with van der Waals surface area (Å²) in [6, 6.07) is 5.63. The number of nitrogens with zero attached hydrogens (tertiary/aromatic N) is 1. The highest BCUT2D eigenvalue weighted by Crippen LogP contribution is 2.18. The van der Waals surface area contributed by atoms with Gasteiger partial charge < -0.3 is 10.2 Å². The molecule has 0 radical (unpaired) electrons. The summed E-state index contributed by atoms with van der Waals surface area (Å²) in [6.07, 6.45) is 3.51. The van der Waals surface area contributed by atoms with Gasteiger partial charge in [0, 0.05) is 11.7 Å². The van der Waals surface area contributed by atoms with E-state index in [9.17, 15) is 4.39 Å². The van der Waals surface area contributed by atoms with E-state index in [1.54, 1.807) is 12.1 Å². The topological polar surface area (TPSA) is 15.3 Å². The maximum atomic E-state index is 13.3. The van der Waals surface area contributed by atoms with E-state index in [0.29, 0.717) is 6.04 Å². The van der Waals surface area contributed by atoms with Crippen molar-refractivity contribution in [3.63, 3.8) is 0 Å². The van der Waals surface area contributed by atoms with E-state index in [1.165, 1.54) is 19.4 Å². The molecule has 1 aliphatic heterocycles. The molecule has 94 valence electrons. The minimum Gasteiger partial charge on any atom is -0.382 e. The first-order valence-electron chi connectivity index (χ1n) is 6.36. The SMILES string of the molecule is Cc1cc(F)cc(NC2CCCN(C)CC2)c1. The van der Waals surface area contributed by atoms with Gasteiger partial charge >= 0.3 is 0 Å². The normalized spacial score (nSPS) is 22.2. The Balaban J connectivity index is 1.99. The maximum Gasteiger partial charge on any atom is 0.125 e. The highest BCUT2D eigenvalue weighted by Gasteiger charge is 2.14. The lowest BCUT2D eigenvalue weighted by molar-refractivity contribution is 0.348. The number of hydrogen-bond acceptors (Lipinski definition) is 2. The van der Waals surface area contributed by atoms with Crippen LogP contribution in [0.3, 0.4) is 0 Å². The average molecular weight is 236 g/mol. The predicted octanol–water partition coefficient (Wildman–Crippen LogP) is 3.03. The minimum atomic E-state index is -0.154. The number of rotatable bonds is 2. The first-order valence-corrected chi connectivity index (χ1v) is 6.36. The summed E-state index contributed by atoms with van der Waals surface area (Å²) in [5.41, 5.74) is 1.88. The number of benzene rings is 1. The molecule has 17 heavy (non-hydrogen) atoms. The average Bonchev–Trinajstić information content (AvgIpc) is 2.42. The summed E-state index contributed by atoms with van der Waals surface area (Å²) in [6.45, 7) is 4.21. The lowest BCUT2D eigenvalue weighted by Crippen LogP contribution is -2.23. The van der Waals surface area contributed by atoms with Crippen molar-refractivity contribution >= 4 is 5.69 Å². The van der Waals surface area contributed by atoms with Crippen LogP contribution >= 0.6 is 0 Å². The van der Waals surface area contributed by atoms with E-state index in [2.05, 4.69) is 17.3 Å². The molecule has 0 spiro atoms. The van der Waals surface area contributed by atoms with Crippen LogP contribution in [-0.2, 0) is 0 Å². The molecule has 2 nitrogen and oxygen atoms in total. The number of hydrogen-bond donors (Lipinski definition) is 1. The molecule has 1 heterocycles. The fraction of sp³-hybridized carbons (Fsp3) is 0.571. The van der Waals surface area contributed by atoms with Crippen LogP contribution in [0.1, 0.15) is 24.8 Å². The summed E-state index contributed by atoms with van der Waals surface area (Å²) in [7, 11) is 2.16. The van der Waals surface area contributed by atoms with Gasteiger partial charge in [0.15, 0.2) is 0 Å². The predicted molar refractivity (Wildman–Crippen MR) is 69.9 cm³/mol. The lowest BCUT2D eigenvalue weighted by atomic mass is 10.1. The minimum absolute atomic E-state index is 0.154. The Kier molecular flexibility index (Phi) is 4.00. The van der Waals surface area contributed by atoms with Crippen molar-refractivity contribution in [1.29, 1.82) is 0 Å². The zero-order valence-electron chi connectivity index (χ0n) is 10.7. The molecule has 1 atom stereocenters. The Labute approximate surface area is 103 Å². The van der Waals surface area contributed by atoms with Gasteiger partial charge in [-0.15, -0.1) is 0 Å². The molecule has 3 heteroatoms. The van der Waals surface area contributed by atoms with Crippen LogP contribution in [0, 0.1) is 12.7 Å². The number of nitrogens with one attached hydrogen (secondary N) is 1. The van der Waals surface area contributed by atoms with Gasteiger partial charge in [-0.3, -0.25) is 0 Å². The van der Waals surface area contributed by atoms with E-state index < -0.39 is 0 Å². The van der Waals surface area contributed by atoms with Crippen LogP contribution in [0.15, 0.2) is 18.2 Å². The molecule has 1 aromatic carbocycles. The van der Waals surface area contributed by atoms with Crippen LogP contribution < -0.4 is 5.32 Å². The van der Waals surface area contributed by atoms with Gasteiger partial charge in [0.2, 0.25) is 0 Å². The third kappa shape index (κ3) is 3.70. The maximum absolute atomic E-state index is 13.3. The van der Waals surface area contributed by atoms with Gasteiger partial charge in [-0.1, -0.05) is 0 Å². The van der Waals surface area contributed by atoms with Crippen molar-refractivity contribution in [3.8, 4) is 0 Å². The third-order valence-corrected chi connectivity index (χ3v) is 3.36. The van der Waals surface area contributed by atoms with Gasteiger partial charge in [-0.2, -0.15) is 0 Å². The van der Waals surface area contributed by atoms with E-state index in [0.717, 1.165) is 24.2 Å². The van der Waals surface area contributed by atoms with E-state index in [-0.39, 0.29) is 5.82 Å². The van der Waals surface area contributed by atoms with Crippen molar-refractivity contribution < 1.29 is 4.39 Å². The summed E-state index contributed by atoms with van der Waals surface area (Å²) < 4.78 is 13.3. The molecule has 1 N–H and O–H groups in total. The Morgan fingerprint density at radius 1 is 1.24 bits per heavy atom. The molecule has 1 unspecified atom stereocenters. The van der Waals surface area contributed by atoms with Crippen molar-refractivity contribution in [2.75, 3.05) is 25.5 Å². The highest BCUT2D eigenvalue weighted by molar-refractivity contribution is 5.46. The van der Waals surface area contributed by atoms with Gasteiger partial charge in [-0.25, -0.2) is 4.39 Å². The van der Waals surface area contributed by atoms with Crippen molar-refractivity contribution in [3.05, 3.63) is 29.6 Å². The van der Waals surface area contributed by atoms with E-state index in [4.69, 9.17) is 0 Å². The summed E-state index contributed by atoms with van der Waals surface area (Å²) in [4.78, 5) is 2.36. The number of halogens is 1. The highest BCUT2D eigenvalue weighted by atomic mass is 19.1. The van der Waals surface area contributed by atoms with Crippen molar-refractivity contribution in [2.24, 2.45) is 0 Å². The summed E-state index contributed by atoms with van der Waals surface area (Å²) in [5.74, 6) is -0.154. The molecule has 1 fully saturated rings. The molecule has 1 aliphatic rings. The number of aryl methyl sites for hydroxylation is 1. The molecule has 1 saturated heterocycles. The van der Waals surface area contributed by atoms with Gasteiger partial charge in [-0.05, 0) is 70.1 Å². The quantitative estimate of drug-likeness (QED) is 0.849. The lowest BCUT2D eigenvalue weighted by Gasteiger charge is -2.18. The van der Waals surface area contributed by atoms with Crippen LogP contribution in [0.4, 0.5) is 10.1 Å². The molecule has 2 rings (SSSR count). The Morgan fingerprint density at radius 3 is 2.82 bits per heavy atom. The largest absolute Gasteiger partial charge is 0.382 e. The smallest absolute Gasteiger partial charge is 0.125 e. The number of likely N-dealkylation sites (tertiary alicyclic amines) is 1. The van der Waals surface area contributed by atoms with E-state index >= 15 is 0 Å². The fourth-order valence-electron chi connectivity index (χ4n) is 2.44. The second kappa shape index (κ2) is 5.50. The van der Waals surface area contributed by atoms with Crippen LogP contribution in [0.5, 0.6) is 0 Å². The van der Waals surface area contributed by atoms with Crippen LogP contribution in [0.2, 0.25) is 0 Å². The monoisotopic (exact) mass is 236 g/mol. The molecular weight excluding hydrogens is 215 g/mol. The van der Waals surface area contributed by atoms with Crippen molar-refractivity contribution in [2.45, 2.75) is 32.2 Å². The van der Waals surface area contributed by atoms with Gasteiger partial charge in [0.05, 0.1) is 0 Å². The zero-order valence-corrected chi connectivity index (χ0v) is 10.7. The molecular formula is C14H21FN2. The molecule has 0 aliphatic carbocycles. The van der Waals surface area contributed by atoms with Crippen molar-refractivity contribution in [1.82, 2.24) is 4.90 Å². The van der Waals surface area contributed by atoms with Crippen LogP contribution in [-0.4, -0.2) is 31.1 Å². The van der Waals surface area contributed by atoms with E-state index in [1.807, 2.05) is 13.0 Å². The first-order chi connectivity index (χ1) is 8.13. The number of anilines is 1. The zero-order chi connectivity index (χ0) is 12.3. The van der Waals surface area contributed by atoms with Crippen LogP contribution in [0.25, 0.3) is 0 Å². The molecule has 0 amide bonds. The molecule has 0 saturated carbocycles. The van der Waals surface area contributed by atoms with Gasteiger partial charge in [0.1, 0.15) is 5.82 Å². The molecule has 0 bridgehead atoms. The fourth-order valence-corrected chi connectivity index (χ4v) is 2.44. The third-order valence-electron chi connectivity index (χ3n) is 3.36. The first kappa shape index (κ1) is 12.4. The Morgan fingerprint density at radius 2 is 2.06 bits per heavy atom. The molecule has 1 aromatic rings. The second-order valence-electron chi connectivity index (χ2n) is 5.09. The summed E-state index contributed by atoms with van der Waals surface area (Å²) in [5, 5.41) is 3.46. The Bertz CT molecular complexity index is 358.